The third kappa shape index (κ3) is 6.89. The summed E-state index contributed by atoms with van der Waals surface area (Å²) in [5, 5.41) is 4.04. The van der Waals surface area contributed by atoms with Gasteiger partial charge in [0.2, 0.25) is 0 Å². The predicted octanol–water partition coefficient (Wildman–Crippen LogP) is 12.2. The molecule has 0 aliphatic carbocycles. The molecule has 1 radical (unpaired) electrons. The van der Waals surface area contributed by atoms with Gasteiger partial charge in [0.05, 0.1) is 11.2 Å². The van der Waals surface area contributed by atoms with Gasteiger partial charge in [0, 0.05) is 33.1 Å². The minimum atomic E-state index is -1.72. The van der Waals surface area contributed by atoms with Crippen LogP contribution in [-0.4, -0.2) is 23.2 Å². The third-order valence-corrected chi connectivity index (χ3v) is 13.6. The minimum Gasteiger partial charge on any atom is 0 e. The Morgan fingerprint density at radius 1 is 0.692 bits per heavy atom. The fraction of sp³-hybridized carbons (Fsp3) is 0.130. The van der Waals surface area contributed by atoms with Crippen LogP contribution in [0.25, 0.3) is 77.5 Å². The first-order valence-electron chi connectivity index (χ1n) is 17.7. The minimum absolute atomic E-state index is 0. The molecule has 0 aliphatic rings. The van der Waals surface area contributed by atoms with Crippen molar-refractivity contribution in [3.8, 4) is 33.6 Å². The molecule has 4 heterocycles. The molecule has 0 aliphatic heterocycles. The first kappa shape index (κ1) is 34.3. The second-order valence-corrected chi connectivity index (χ2v) is 24.7. The Morgan fingerprint density at radius 2 is 1.46 bits per heavy atom. The number of para-hydroxylation sites is 1. The zero-order valence-electron chi connectivity index (χ0n) is 30.7. The van der Waals surface area contributed by atoms with Gasteiger partial charge in [-0.1, -0.05) is 97.8 Å². The number of rotatable bonds is 5. The summed E-state index contributed by atoms with van der Waals surface area (Å²) in [6, 6.07) is 47.5. The van der Waals surface area contributed by atoms with Gasteiger partial charge in [0.1, 0.15) is 11.2 Å². The first-order chi connectivity index (χ1) is 25.0. The molecule has 0 N–H and O–H groups in total. The Labute approximate surface area is 322 Å². The van der Waals surface area contributed by atoms with E-state index in [4.69, 9.17) is 10.2 Å². The van der Waals surface area contributed by atoms with Gasteiger partial charge < -0.3 is 13.8 Å². The van der Waals surface area contributed by atoms with Crippen LogP contribution in [0.4, 0.5) is 0 Å². The molecule has 0 unspecified atom stereocenters. The van der Waals surface area contributed by atoms with E-state index in [9.17, 15) is 0 Å². The van der Waals surface area contributed by atoms with E-state index in [-0.39, 0.29) is 20.1 Å². The van der Waals surface area contributed by atoms with Crippen molar-refractivity contribution in [2.75, 3.05) is 0 Å². The average molecular weight is 917 g/mol. The van der Waals surface area contributed by atoms with Gasteiger partial charge in [-0.25, -0.2) is 0 Å². The number of aromatic nitrogens is 2. The van der Waals surface area contributed by atoms with Crippen LogP contribution in [0, 0.1) is 12.1 Å². The van der Waals surface area contributed by atoms with Crippen LogP contribution in [0.2, 0.25) is 17.3 Å². The molecular weight excluding hydrogens is 877 g/mol. The number of furan rings is 2. The summed E-state index contributed by atoms with van der Waals surface area (Å²) in [5.74, 6) is 6.39. The second-order valence-electron chi connectivity index (χ2n) is 14.1. The molecule has 0 fully saturated rings. The van der Waals surface area contributed by atoms with E-state index in [0.29, 0.717) is 11.3 Å². The molecule has 0 atom stereocenters. The summed E-state index contributed by atoms with van der Waals surface area (Å²) >= 11 is -1.72. The third-order valence-electron chi connectivity index (χ3n) is 9.32. The quantitative estimate of drug-likeness (QED) is 0.127. The van der Waals surface area contributed by atoms with Gasteiger partial charge in [-0.3, -0.25) is 0 Å². The summed E-state index contributed by atoms with van der Waals surface area (Å²) in [6.45, 7) is 3.75. The molecule has 0 saturated carbocycles. The van der Waals surface area contributed by atoms with Crippen LogP contribution in [0.5, 0.6) is 0 Å². The van der Waals surface area contributed by atoms with Crippen molar-refractivity contribution < 1.29 is 30.3 Å². The molecule has 0 amide bonds. The largest absolute Gasteiger partial charge is 0 e. The van der Waals surface area contributed by atoms with Crippen molar-refractivity contribution in [3.05, 3.63) is 151 Å². The average Bonchev–Trinajstić information content (AvgIpc) is 3.73. The molecule has 4 aromatic heterocycles. The molecule has 52 heavy (non-hydrogen) atoms. The summed E-state index contributed by atoms with van der Waals surface area (Å²) in [4.78, 5) is 9.18. The summed E-state index contributed by atoms with van der Waals surface area (Å²) in [6.07, 6.45) is 3.79. The van der Waals surface area contributed by atoms with Crippen molar-refractivity contribution in [3.63, 3.8) is 0 Å². The van der Waals surface area contributed by atoms with E-state index in [1.165, 1.54) is 4.40 Å². The van der Waals surface area contributed by atoms with Gasteiger partial charge in [-0.15, -0.1) is 0 Å². The van der Waals surface area contributed by atoms with Crippen molar-refractivity contribution in [1.82, 2.24) is 9.97 Å². The normalized spacial score (nSPS) is 12.1. The van der Waals surface area contributed by atoms with Gasteiger partial charge >= 0.3 is 99.8 Å². The molecule has 5 aromatic carbocycles. The van der Waals surface area contributed by atoms with Gasteiger partial charge in [-0.05, 0) is 57.1 Å². The van der Waals surface area contributed by atoms with E-state index in [0.717, 1.165) is 71.8 Å². The molecule has 6 heteroatoms. The van der Waals surface area contributed by atoms with Crippen LogP contribution < -0.4 is 4.40 Å². The fourth-order valence-corrected chi connectivity index (χ4v) is 8.66. The summed E-state index contributed by atoms with van der Waals surface area (Å²) in [7, 11) is 0. The monoisotopic (exact) mass is 918 g/mol. The van der Waals surface area contributed by atoms with Gasteiger partial charge in [-0.2, -0.15) is 0 Å². The zero-order chi connectivity index (χ0) is 36.0. The van der Waals surface area contributed by atoms with Crippen LogP contribution >= 0.6 is 0 Å². The fourth-order valence-electron chi connectivity index (χ4n) is 6.49. The van der Waals surface area contributed by atoms with E-state index >= 15 is 0 Å². The summed E-state index contributed by atoms with van der Waals surface area (Å²) < 4.78 is 22.8. The van der Waals surface area contributed by atoms with Crippen LogP contribution in [0.15, 0.2) is 143 Å². The molecule has 259 valence electrons. The smallest absolute Gasteiger partial charge is 0 e. The van der Waals surface area contributed by atoms with Crippen LogP contribution in [0.1, 0.15) is 26.7 Å². The Balaban J connectivity index is 0.000000216. The number of hydrogen-bond acceptors (Lipinski definition) is 4. The Morgan fingerprint density at radius 3 is 2.19 bits per heavy atom. The first-order valence-corrected chi connectivity index (χ1v) is 24.6. The van der Waals surface area contributed by atoms with E-state index in [1.54, 1.807) is 6.20 Å². The van der Waals surface area contributed by atoms with Crippen molar-refractivity contribution >= 4 is 61.5 Å². The van der Waals surface area contributed by atoms with E-state index in [2.05, 4.69) is 87.9 Å². The molecule has 4 nitrogen and oxygen atoms in total. The Hall–Kier alpha value is -4.81. The Kier molecular flexibility index (Phi) is 9.67. The zero-order valence-corrected chi connectivity index (χ0v) is 34.2. The Bertz CT molecular complexity index is 2690. The molecular formula is C46H38GeIrN2O2-2. The topological polar surface area (TPSA) is 52.1 Å². The standard InChI is InChI=1S/C32H22NO2.C14H16GeN.Ir/c1-19(2)21-14-15-33-26(16-21)25-18-29-30(23-10-6-7-11-27(23)34-29)31-24-13-12-22(17-28(24)35-32(25)31)20-8-4-3-5-9-20;1-15(2,3)13-9-10-14(16-11-13)12-7-5-4-6-8-12;/h3-17,19H,1-2H3;4-7,9-11H,1-3H3;/q2*-1;/i19D;;. The maximum Gasteiger partial charge on any atom is 0 e. The molecule has 9 aromatic rings. The number of hydrogen-bond donors (Lipinski definition) is 0. The molecule has 0 spiro atoms. The predicted molar refractivity (Wildman–Crippen MR) is 214 cm³/mol. The molecule has 0 saturated heterocycles. The van der Waals surface area contributed by atoms with Gasteiger partial charge in [0.15, 0.2) is 0 Å². The number of pyridine rings is 2. The van der Waals surface area contributed by atoms with Crippen molar-refractivity contribution in [2.24, 2.45) is 0 Å². The number of nitrogens with zero attached hydrogens (tertiary/aromatic N) is 2. The van der Waals surface area contributed by atoms with E-state index < -0.39 is 19.2 Å². The SMILES string of the molecule is [2H]C(C)(C)c1ccnc(-c2[c-]c3oc4ccccc4c3c3c2oc2cc(-c4ccccc4)ccc23)c1.[CH3][Ge]([CH3])([CH3])[c]1ccc(-c2[c-]cccc2)nc1.[Ir]. The second kappa shape index (κ2) is 14.7. The summed E-state index contributed by atoms with van der Waals surface area (Å²) in [5.41, 5.74) is 9.64. The van der Waals surface area contributed by atoms with Crippen LogP contribution in [0.3, 0.4) is 0 Å². The maximum atomic E-state index is 8.51. The maximum absolute atomic E-state index is 8.51. The van der Waals surface area contributed by atoms with Gasteiger partial charge in [0.25, 0.3) is 0 Å². The number of fused-ring (bicyclic) bond motifs is 7. The van der Waals surface area contributed by atoms with E-state index in [1.807, 2.05) is 92.8 Å². The van der Waals surface area contributed by atoms with Crippen molar-refractivity contribution in [1.29, 1.82) is 0 Å². The van der Waals surface area contributed by atoms with Crippen LogP contribution in [-0.2, 0) is 20.1 Å². The molecule has 0 bridgehead atoms. The number of benzene rings is 5. The van der Waals surface area contributed by atoms with Crippen molar-refractivity contribution in [2.45, 2.75) is 37.0 Å². The molecule has 9 rings (SSSR count).